The summed E-state index contributed by atoms with van der Waals surface area (Å²) in [5, 5.41) is 0.517. The molecular weight excluding hydrogens is 238 g/mol. The van der Waals surface area contributed by atoms with Crippen LogP contribution in [0.4, 0.5) is 5.82 Å². The van der Waals surface area contributed by atoms with E-state index in [4.69, 9.17) is 16.0 Å². The molecule has 0 spiro atoms. The lowest BCUT2D eigenvalue weighted by molar-refractivity contribution is 0.506. The molecule has 0 aromatic carbocycles. The molecule has 0 aliphatic heterocycles. The minimum Gasteiger partial charge on any atom is -0.467 e. The molecule has 0 atom stereocenters. The molecule has 2 heterocycles. The van der Waals surface area contributed by atoms with Gasteiger partial charge in [0.15, 0.2) is 0 Å². The summed E-state index contributed by atoms with van der Waals surface area (Å²) >= 11 is 6.05. The summed E-state index contributed by atoms with van der Waals surface area (Å²) in [4.78, 5) is 10.3. The van der Waals surface area contributed by atoms with Gasteiger partial charge in [-0.1, -0.05) is 18.5 Å². The zero-order chi connectivity index (χ0) is 12.3. The van der Waals surface area contributed by atoms with Gasteiger partial charge in [0.2, 0.25) is 0 Å². The van der Waals surface area contributed by atoms with Crippen LogP contribution in [0.15, 0.2) is 29.1 Å². The van der Waals surface area contributed by atoms with Gasteiger partial charge in [-0.25, -0.2) is 9.97 Å². The summed E-state index contributed by atoms with van der Waals surface area (Å²) in [7, 11) is 1.96. The van der Waals surface area contributed by atoms with Crippen LogP contribution in [0, 0.1) is 0 Å². The second-order valence-corrected chi connectivity index (χ2v) is 4.11. The number of aromatic nitrogens is 2. The maximum atomic E-state index is 6.05. The van der Waals surface area contributed by atoms with Gasteiger partial charge in [-0.2, -0.15) is 0 Å². The number of nitrogens with zero attached hydrogens (tertiary/aromatic N) is 3. The Morgan fingerprint density at radius 1 is 1.41 bits per heavy atom. The van der Waals surface area contributed by atoms with Gasteiger partial charge in [0.25, 0.3) is 0 Å². The lowest BCUT2D eigenvalue weighted by Crippen LogP contribution is -2.19. The molecule has 2 aromatic rings. The molecule has 0 N–H and O–H groups in total. The average molecular weight is 252 g/mol. The first kappa shape index (κ1) is 11.9. The highest BCUT2D eigenvalue weighted by Crippen LogP contribution is 2.24. The van der Waals surface area contributed by atoms with Crippen LogP contribution in [0.25, 0.3) is 0 Å². The molecular formula is C12H14ClN3O. The Bertz CT molecular complexity index is 485. The van der Waals surface area contributed by atoms with E-state index in [1.54, 1.807) is 6.26 Å². The van der Waals surface area contributed by atoms with Crippen LogP contribution in [-0.4, -0.2) is 17.0 Å². The molecule has 17 heavy (non-hydrogen) atoms. The Hall–Kier alpha value is -1.55. The molecule has 0 fully saturated rings. The first-order valence-electron chi connectivity index (χ1n) is 5.45. The van der Waals surface area contributed by atoms with E-state index in [0.29, 0.717) is 11.7 Å². The van der Waals surface area contributed by atoms with Crippen molar-refractivity contribution in [1.29, 1.82) is 0 Å². The van der Waals surface area contributed by atoms with E-state index in [-0.39, 0.29) is 0 Å². The molecule has 0 aliphatic rings. The first-order valence-corrected chi connectivity index (χ1v) is 5.83. The molecule has 2 aromatic heterocycles. The molecule has 0 unspecified atom stereocenters. The second-order valence-electron chi connectivity index (χ2n) is 3.76. The molecule has 90 valence electrons. The number of furan rings is 1. The van der Waals surface area contributed by atoms with Crippen LogP contribution in [0.5, 0.6) is 0 Å². The van der Waals surface area contributed by atoms with E-state index >= 15 is 0 Å². The molecule has 0 radical (unpaired) electrons. The highest BCUT2D eigenvalue weighted by molar-refractivity contribution is 6.30. The van der Waals surface area contributed by atoms with E-state index in [0.717, 1.165) is 23.6 Å². The zero-order valence-corrected chi connectivity index (χ0v) is 10.6. The fraction of sp³-hybridized carbons (Fsp3) is 0.333. The topological polar surface area (TPSA) is 42.2 Å². The van der Waals surface area contributed by atoms with E-state index in [1.165, 1.54) is 6.33 Å². The molecule has 0 bridgehead atoms. The third-order valence-corrected chi connectivity index (χ3v) is 2.88. The Morgan fingerprint density at radius 3 is 2.88 bits per heavy atom. The normalized spacial score (nSPS) is 10.5. The van der Waals surface area contributed by atoms with E-state index in [1.807, 2.05) is 31.0 Å². The van der Waals surface area contributed by atoms with Gasteiger partial charge in [-0.3, -0.25) is 0 Å². The smallest absolute Gasteiger partial charge is 0.137 e. The van der Waals surface area contributed by atoms with E-state index < -0.39 is 0 Å². The summed E-state index contributed by atoms with van der Waals surface area (Å²) in [6, 6.07) is 3.81. The first-order chi connectivity index (χ1) is 8.22. The van der Waals surface area contributed by atoms with Crippen molar-refractivity contribution in [2.75, 3.05) is 11.9 Å². The Balaban J connectivity index is 2.24. The fourth-order valence-corrected chi connectivity index (χ4v) is 1.99. The Labute approximate surface area is 105 Å². The number of hydrogen-bond donors (Lipinski definition) is 0. The summed E-state index contributed by atoms with van der Waals surface area (Å²) in [6.07, 6.45) is 3.95. The maximum Gasteiger partial charge on any atom is 0.137 e. The SMILES string of the molecule is CCc1c(Cl)ncnc1N(C)Cc1ccco1. The lowest BCUT2D eigenvalue weighted by Gasteiger charge is -2.19. The summed E-state index contributed by atoms with van der Waals surface area (Å²) in [5.41, 5.74) is 0.961. The molecule has 2 rings (SSSR count). The largest absolute Gasteiger partial charge is 0.467 e. The lowest BCUT2D eigenvalue weighted by atomic mass is 10.2. The zero-order valence-electron chi connectivity index (χ0n) is 9.85. The van der Waals surface area contributed by atoms with Crippen molar-refractivity contribution in [3.05, 3.63) is 41.2 Å². The standard InChI is InChI=1S/C12H14ClN3O/c1-3-10-11(13)14-8-15-12(10)16(2)7-9-5-4-6-17-9/h4-6,8H,3,7H2,1-2H3. The van der Waals surface area contributed by atoms with Crippen molar-refractivity contribution in [3.8, 4) is 0 Å². The van der Waals surface area contributed by atoms with Crippen LogP contribution in [0.2, 0.25) is 5.15 Å². The van der Waals surface area contributed by atoms with Crippen LogP contribution in [0.1, 0.15) is 18.2 Å². The van der Waals surface area contributed by atoms with Crippen molar-refractivity contribution < 1.29 is 4.42 Å². The summed E-state index contributed by atoms with van der Waals surface area (Å²) < 4.78 is 5.31. The van der Waals surface area contributed by atoms with Crippen molar-refractivity contribution >= 4 is 17.4 Å². The third kappa shape index (κ3) is 2.58. The molecule has 4 nitrogen and oxygen atoms in total. The molecule has 0 saturated carbocycles. The maximum absolute atomic E-state index is 6.05. The van der Waals surface area contributed by atoms with Gasteiger partial charge in [-0.15, -0.1) is 0 Å². The number of rotatable bonds is 4. The van der Waals surface area contributed by atoms with E-state index in [2.05, 4.69) is 9.97 Å². The van der Waals surface area contributed by atoms with Crippen molar-refractivity contribution in [2.45, 2.75) is 19.9 Å². The quantitative estimate of drug-likeness (QED) is 0.784. The fourth-order valence-electron chi connectivity index (χ4n) is 1.73. The highest BCUT2D eigenvalue weighted by Gasteiger charge is 2.13. The monoisotopic (exact) mass is 251 g/mol. The number of anilines is 1. The van der Waals surface area contributed by atoms with E-state index in [9.17, 15) is 0 Å². The van der Waals surface area contributed by atoms with Crippen LogP contribution in [-0.2, 0) is 13.0 Å². The predicted molar refractivity (Wildman–Crippen MR) is 67.2 cm³/mol. The summed E-state index contributed by atoms with van der Waals surface area (Å²) in [5.74, 6) is 1.74. The minimum absolute atomic E-state index is 0.517. The molecule has 0 aliphatic carbocycles. The van der Waals surface area contributed by atoms with Gasteiger partial charge < -0.3 is 9.32 Å². The molecule has 0 saturated heterocycles. The number of halogens is 1. The Kier molecular flexibility index (Phi) is 3.64. The van der Waals surface area contributed by atoms with Gasteiger partial charge >= 0.3 is 0 Å². The van der Waals surface area contributed by atoms with Gasteiger partial charge in [0, 0.05) is 12.6 Å². The second kappa shape index (κ2) is 5.19. The van der Waals surface area contributed by atoms with Gasteiger partial charge in [-0.05, 0) is 18.6 Å². The Morgan fingerprint density at radius 2 is 2.24 bits per heavy atom. The van der Waals surface area contributed by atoms with Crippen molar-refractivity contribution in [3.63, 3.8) is 0 Å². The van der Waals surface area contributed by atoms with Crippen LogP contribution >= 0.6 is 11.6 Å². The van der Waals surface area contributed by atoms with Crippen LogP contribution < -0.4 is 4.90 Å². The third-order valence-electron chi connectivity index (χ3n) is 2.56. The highest BCUT2D eigenvalue weighted by atomic mass is 35.5. The van der Waals surface area contributed by atoms with Crippen molar-refractivity contribution in [1.82, 2.24) is 9.97 Å². The van der Waals surface area contributed by atoms with Crippen LogP contribution in [0.3, 0.4) is 0 Å². The van der Waals surface area contributed by atoms with Gasteiger partial charge in [0.1, 0.15) is 23.1 Å². The number of hydrogen-bond acceptors (Lipinski definition) is 4. The average Bonchev–Trinajstić information content (AvgIpc) is 2.81. The summed E-state index contributed by atoms with van der Waals surface area (Å²) in [6.45, 7) is 2.70. The minimum atomic E-state index is 0.517. The molecule has 0 amide bonds. The molecule has 5 heteroatoms. The van der Waals surface area contributed by atoms with Gasteiger partial charge in [0.05, 0.1) is 12.8 Å². The predicted octanol–water partition coefficient (Wildman–Crippen LogP) is 2.92. The van der Waals surface area contributed by atoms with Crippen molar-refractivity contribution in [2.24, 2.45) is 0 Å².